The Balaban J connectivity index is 1.72. The van der Waals surface area contributed by atoms with Crippen molar-refractivity contribution in [3.8, 4) is 0 Å². The molecule has 2 saturated carbocycles. The number of nitrogens with one attached hydrogen (secondary N) is 1. The molecule has 2 atom stereocenters. The summed E-state index contributed by atoms with van der Waals surface area (Å²) in [5, 5.41) is 4.65. The third-order valence-corrected chi connectivity index (χ3v) is 5.19. The smallest absolute Gasteiger partial charge is 0.0438 e. The number of rotatable bonds is 4. The molecule has 2 aliphatic carbocycles. The molecule has 3 rings (SSSR count). The van der Waals surface area contributed by atoms with Gasteiger partial charge in [-0.3, -0.25) is 0 Å². The summed E-state index contributed by atoms with van der Waals surface area (Å²) in [6.45, 7) is 3.28. The Labute approximate surface area is 121 Å². The molecule has 1 aromatic carbocycles. The first-order valence-corrected chi connectivity index (χ1v) is 8.11. The Hall–Kier alpha value is -0.530. The molecule has 0 amide bonds. The van der Waals surface area contributed by atoms with Crippen molar-refractivity contribution in [2.24, 2.45) is 5.92 Å². The lowest BCUT2D eigenvalue weighted by molar-refractivity contribution is 0.295. The minimum Gasteiger partial charge on any atom is -0.314 e. The average Bonchev–Trinajstić information content (AvgIpc) is 3.24. The molecule has 1 aromatic rings. The summed E-state index contributed by atoms with van der Waals surface area (Å²) in [5.41, 5.74) is 2.65. The van der Waals surface area contributed by atoms with Crippen LogP contribution in [0.3, 0.4) is 0 Å². The predicted molar refractivity (Wildman–Crippen MR) is 81.9 cm³/mol. The van der Waals surface area contributed by atoms with Gasteiger partial charge in [0.2, 0.25) is 0 Å². The van der Waals surface area contributed by atoms with Crippen molar-refractivity contribution < 1.29 is 0 Å². The molecule has 0 heterocycles. The lowest BCUT2D eigenvalue weighted by atomic mass is 9.75. The minimum atomic E-state index is 0.707. The summed E-state index contributed by atoms with van der Waals surface area (Å²) < 4.78 is 0. The van der Waals surface area contributed by atoms with E-state index in [4.69, 9.17) is 11.6 Å². The maximum Gasteiger partial charge on any atom is 0.0438 e. The van der Waals surface area contributed by atoms with Crippen LogP contribution in [0.4, 0.5) is 0 Å². The summed E-state index contributed by atoms with van der Waals surface area (Å²) in [6.07, 6.45) is 8.23. The highest BCUT2D eigenvalue weighted by atomic mass is 35.5. The van der Waals surface area contributed by atoms with Crippen LogP contribution in [0.25, 0.3) is 0 Å². The topological polar surface area (TPSA) is 12.0 Å². The van der Waals surface area contributed by atoms with Crippen molar-refractivity contribution in [3.05, 3.63) is 34.3 Å². The molecule has 0 radical (unpaired) electrons. The second-order valence-corrected chi connectivity index (χ2v) is 6.75. The van der Waals surface area contributed by atoms with E-state index in [0.29, 0.717) is 5.92 Å². The number of hydrogen-bond acceptors (Lipinski definition) is 1. The highest BCUT2D eigenvalue weighted by Gasteiger charge is 2.29. The third-order valence-electron chi connectivity index (χ3n) is 4.78. The molecule has 1 N–H and O–H groups in total. The quantitative estimate of drug-likeness (QED) is 0.843. The van der Waals surface area contributed by atoms with E-state index in [0.717, 1.165) is 17.0 Å². The van der Waals surface area contributed by atoms with Gasteiger partial charge in [-0.25, -0.2) is 0 Å². The Kier molecular flexibility index (Phi) is 4.14. The average molecular weight is 278 g/mol. The zero-order valence-corrected chi connectivity index (χ0v) is 12.5. The molecular weight excluding hydrogens is 254 g/mol. The first-order chi connectivity index (χ1) is 9.24. The fourth-order valence-electron chi connectivity index (χ4n) is 3.34. The van der Waals surface area contributed by atoms with Gasteiger partial charge in [-0.15, -0.1) is 0 Å². The van der Waals surface area contributed by atoms with Crippen molar-refractivity contribution in [2.45, 2.75) is 57.4 Å². The third kappa shape index (κ3) is 3.32. The van der Waals surface area contributed by atoms with Crippen molar-refractivity contribution in [2.75, 3.05) is 6.54 Å². The van der Waals surface area contributed by atoms with Crippen LogP contribution in [-0.4, -0.2) is 12.6 Å². The van der Waals surface area contributed by atoms with Gasteiger partial charge in [-0.1, -0.05) is 36.6 Å². The highest BCUT2D eigenvalue weighted by molar-refractivity contribution is 6.31. The van der Waals surface area contributed by atoms with E-state index >= 15 is 0 Å². The normalized spacial score (nSPS) is 27.5. The summed E-state index contributed by atoms with van der Waals surface area (Å²) in [4.78, 5) is 0. The number of hydrogen-bond donors (Lipinski definition) is 1. The largest absolute Gasteiger partial charge is 0.314 e. The van der Waals surface area contributed by atoms with E-state index in [1.54, 1.807) is 0 Å². The zero-order chi connectivity index (χ0) is 13.2. The number of aryl methyl sites for hydroxylation is 1. The second kappa shape index (κ2) is 5.85. The Morgan fingerprint density at radius 1 is 1.16 bits per heavy atom. The number of halogens is 1. The van der Waals surface area contributed by atoms with Crippen LogP contribution in [0.5, 0.6) is 0 Å². The van der Waals surface area contributed by atoms with E-state index in [1.807, 2.05) is 0 Å². The van der Waals surface area contributed by atoms with Crippen molar-refractivity contribution in [3.63, 3.8) is 0 Å². The van der Waals surface area contributed by atoms with Crippen LogP contribution in [0.15, 0.2) is 18.2 Å². The molecule has 0 bridgehead atoms. The van der Waals surface area contributed by atoms with Gasteiger partial charge in [-0.2, -0.15) is 0 Å². The van der Waals surface area contributed by atoms with Crippen LogP contribution in [-0.2, 0) is 0 Å². The van der Waals surface area contributed by atoms with Crippen molar-refractivity contribution in [1.29, 1.82) is 0 Å². The van der Waals surface area contributed by atoms with Gasteiger partial charge in [-0.05, 0) is 68.2 Å². The van der Waals surface area contributed by atoms with Crippen molar-refractivity contribution in [1.82, 2.24) is 5.32 Å². The van der Waals surface area contributed by atoms with E-state index in [9.17, 15) is 0 Å². The van der Waals surface area contributed by atoms with Gasteiger partial charge in [0.25, 0.3) is 0 Å². The maximum atomic E-state index is 6.30. The SMILES string of the molecule is Cc1ccc(C2CCCCC2CNC2CC2)cc1Cl. The number of benzene rings is 1. The lowest BCUT2D eigenvalue weighted by Gasteiger charge is -2.32. The monoisotopic (exact) mass is 277 g/mol. The minimum absolute atomic E-state index is 0.707. The van der Waals surface area contributed by atoms with Gasteiger partial charge in [0, 0.05) is 11.1 Å². The lowest BCUT2D eigenvalue weighted by Crippen LogP contribution is -2.30. The second-order valence-electron chi connectivity index (χ2n) is 6.34. The molecule has 0 saturated heterocycles. The van der Waals surface area contributed by atoms with Gasteiger partial charge < -0.3 is 5.32 Å². The van der Waals surface area contributed by atoms with E-state index in [-0.39, 0.29) is 0 Å². The molecule has 2 heteroatoms. The molecular formula is C17H24ClN. The van der Waals surface area contributed by atoms with Gasteiger partial charge in [0.1, 0.15) is 0 Å². The molecule has 104 valence electrons. The van der Waals surface area contributed by atoms with Crippen LogP contribution in [0, 0.1) is 12.8 Å². The van der Waals surface area contributed by atoms with Crippen LogP contribution < -0.4 is 5.32 Å². The molecule has 2 aliphatic rings. The standard InChI is InChI=1S/C17H24ClN/c1-12-6-7-13(10-17(12)18)16-5-3-2-4-14(16)11-19-15-8-9-15/h6-7,10,14-16,19H,2-5,8-9,11H2,1H3. The molecule has 1 nitrogen and oxygen atoms in total. The van der Waals surface area contributed by atoms with E-state index in [1.165, 1.54) is 56.2 Å². The summed E-state index contributed by atoms with van der Waals surface area (Å²) >= 11 is 6.30. The van der Waals surface area contributed by atoms with Crippen molar-refractivity contribution >= 4 is 11.6 Å². The summed E-state index contributed by atoms with van der Waals surface area (Å²) in [7, 11) is 0. The Morgan fingerprint density at radius 2 is 1.95 bits per heavy atom. The van der Waals surface area contributed by atoms with Crippen LogP contribution in [0.1, 0.15) is 55.6 Å². The first-order valence-electron chi connectivity index (χ1n) is 7.73. The van der Waals surface area contributed by atoms with Crippen LogP contribution in [0.2, 0.25) is 5.02 Å². The molecule has 2 fully saturated rings. The fourth-order valence-corrected chi connectivity index (χ4v) is 3.53. The first kappa shape index (κ1) is 13.5. The molecule has 0 aliphatic heterocycles. The maximum absolute atomic E-state index is 6.30. The fraction of sp³-hybridized carbons (Fsp3) is 0.647. The molecule has 0 spiro atoms. The van der Waals surface area contributed by atoms with E-state index in [2.05, 4.69) is 30.4 Å². The zero-order valence-electron chi connectivity index (χ0n) is 11.8. The Morgan fingerprint density at radius 3 is 2.68 bits per heavy atom. The molecule has 2 unspecified atom stereocenters. The summed E-state index contributed by atoms with van der Waals surface area (Å²) in [5.74, 6) is 1.51. The predicted octanol–water partition coefficient (Wildman–Crippen LogP) is 4.67. The Bertz CT molecular complexity index is 439. The van der Waals surface area contributed by atoms with Gasteiger partial charge in [0.05, 0.1) is 0 Å². The highest BCUT2D eigenvalue weighted by Crippen LogP contribution is 2.39. The van der Waals surface area contributed by atoms with E-state index < -0.39 is 0 Å². The molecule has 19 heavy (non-hydrogen) atoms. The van der Waals surface area contributed by atoms with Gasteiger partial charge >= 0.3 is 0 Å². The summed E-state index contributed by atoms with van der Waals surface area (Å²) in [6, 6.07) is 7.50. The van der Waals surface area contributed by atoms with Crippen LogP contribution >= 0.6 is 11.6 Å². The van der Waals surface area contributed by atoms with Gasteiger partial charge in [0.15, 0.2) is 0 Å². The molecule has 0 aromatic heterocycles.